The average molecular weight is 353 g/mol. The number of carboxylic acid groups (broad SMARTS) is 1. The summed E-state index contributed by atoms with van der Waals surface area (Å²) in [6.45, 7) is 0. The van der Waals surface area contributed by atoms with E-state index in [4.69, 9.17) is 14.6 Å². The highest BCUT2D eigenvalue weighted by atomic mass is 79.9. The van der Waals surface area contributed by atoms with E-state index in [1.165, 1.54) is 26.4 Å². The Labute approximate surface area is 123 Å². The first kappa shape index (κ1) is 16.7. The van der Waals surface area contributed by atoms with Crippen molar-refractivity contribution in [3.63, 3.8) is 0 Å². The van der Waals surface area contributed by atoms with Gasteiger partial charge in [0.05, 0.1) is 19.8 Å². The lowest BCUT2D eigenvalue weighted by molar-refractivity contribution is -0.137. The van der Waals surface area contributed by atoms with Gasteiger partial charge in [0.2, 0.25) is 0 Å². The van der Waals surface area contributed by atoms with E-state index in [1.807, 2.05) is 0 Å². The van der Waals surface area contributed by atoms with Gasteiger partial charge in [-0.2, -0.15) is 0 Å². The molecule has 112 valence electrons. The number of carbonyl (C=O) groups is 1. The molecular formula is C13H15BrF2O4. The van der Waals surface area contributed by atoms with E-state index >= 15 is 0 Å². The van der Waals surface area contributed by atoms with Gasteiger partial charge in [-0.1, -0.05) is 15.9 Å². The third kappa shape index (κ3) is 4.06. The molecule has 0 bridgehead atoms. The van der Waals surface area contributed by atoms with Gasteiger partial charge in [0.1, 0.15) is 11.5 Å². The van der Waals surface area contributed by atoms with Crippen LogP contribution in [0.1, 0.15) is 24.8 Å². The number of ether oxygens (including phenoxy) is 2. The van der Waals surface area contributed by atoms with Crippen LogP contribution in [0.2, 0.25) is 0 Å². The normalized spacial score (nSPS) is 11.2. The summed E-state index contributed by atoms with van der Waals surface area (Å²) in [6, 6.07) is 2.79. The van der Waals surface area contributed by atoms with Crippen LogP contribution in [0.5, 0.6) is 11.5 Å². The van der Waals surface area contributed by atoms with Crippen molar-refractivity contribution in [2.45, 2.75) is 25.2 Å². The molecule has 0 aliphatic heterocycles. The molecule has 20 heavy (non-hydrogen) atoms. The van der Waals surface area contributed by atoms with Crippen LogP contribution in [-0.4, -0.2) is 25.3 Å². The Morgan fingerprint density at radius 2 is 2.00 bits per heavy atom. The molecular weight excluding hydrogens is 338 g/mol. The number of carboxylic acids is 1. The van der Waals surface area contributed by atoms with Crippen LogP contribution in [0, 0.1) is 0 Å². The fraction of sp³-hybridized carbons (Fsp3) is 0.462. The molecule has 0 aliphatic rings. The molecule has 7 heteroatoms. The van der Waals surface area contributed by atoms with Gasteiger partial charge < -0.3 is 14.6 Å². The Balaban J connectivity index is 3.06. The minimum atomic E-state index is -3.19. The predicted molar refractivity (Wildman–Crippen MR) is 72.6 cm³/mol. The van der Waals surface area contributed by atoms with Gasteiger partial charge in [-0.15, -0.1) is 0 Å². The molecule has 0 saturated heterocycles. The molecule has 0 fully saturated rings. The van der Waals surface area contributed by atoms with Crippen LogP contribution in [0.4, 0.5) is 8.78 Å². The second kappa shape index (κ2) is 6.88. The number of hydrogen-bond acceptors (Lipinski definition) is 3. The van der Waals surface area contributed by atoms with E-state index in [2.05, 4.69) is 15.9 Å². The molecule has 0 atom stereocenters. The maximum Gasteiger partial charge on any atom is 0.303 e. The van der Waals surface area contributed by atoms with Crippen LogP contribution < -0.4 is 9.47 Å². The fourth-order valence-electron chi connectivity index (χ4n) is 1.78. The van der Waals surface area contributed by atoms with Crippen LogP contribution in [0.3, 0.4) is 0 Å². The quantitative estimate of drug-likeness (QED) is 0.810. The number of benzene rings is 1. The highest BCUT2D eigenvalue weighted by molar-refractivity contribution is 9.10. The second-order valence-electron chi connectivity index (χ2n) is 4.14. The van der Waals surface area contributed by atoms with Gasteiger partial charge in [0.15, 0.2) is 0 Å². The maximum absolute atomic E-state index is 14.2. The summed E-state index contributed by atoms with van der Waals surface area (Å²) < 4.78 is 38.5. The first-order chi connectivity index (χ1) is 9.31. The monoisotopic (exact) mass is 352 g/mol. The van der Waals surface area contributed by atoms with Gasteiger partial charge in [-0.05, 0) is 12.5 Å². The van der Waals surface area contributed by atoms with E-state index in [0.29, 0.717) is 5.75 Å². The fourth-order valence-corrected chi connectivity index (χ4v) is 2.49. The van der Waals surface area contributed by atoms with Crippen molar-refractivity contribution in [1.29, 1.82) is 0 Å². The zero-order chi connectivity index (χ0) is 15.3. The first-order valence-corrected chi connectivity index (χ1v) is 6.62. The zero-order valence-corrected chi connectivity index (χ0v) is 12.7. The number of rotatable bonds is 7. The predicted octanol–water partition coefficient (Wildman–Crippen LogP) is 3.81. The number of halogens is 3. The molecule has 0 amide bonds. The Morgan fingerprint density at radius 3 is 2.50 bits per heavy atom. The number of aliphatic carboxylic acids is 1. The van der Waals surface area contributed by atoms with Crippen LogP contribution in [0.15, 0.2) is 16.6 Å². The molecule has 0 heterocycles. The van der Waals surface area contributed by atoms with Gasteiger partial charge >= 0.3 is 5.97 Å². The zero-order valence-electron chi connectivity index (χ0n) is 11.1. The highest BCUT2D eigenvalue weighted by Gasteiger charge is 2.37. The molecule has 0 spiro atoms. The van der Waals surface area contributed by atoms with E-state index < -0.39 is 18.3 Å². The van der Waals surface area contributed by atoms with E-state index in [-0.39, 0.29) is 28.6 Å². The molecule has 0 saturated carbocycles. The SMILES string of the molecule is COc1cc(Br)c(C(F)(F)CCCC(=O)O)c(OC)c1. The summed E-state index contributed by atoms with van der Waals surface area (Å²) in [5.41, 5.74) is -0.300. The van der Waals surface area contributed by atoms with Crippen LogP contribution in [-0.2, 0) is 10.7 Å². The molecule has 0 aliphatic carbocycles. The summed E-state index contributed by atoms with van der Waals surface area (Å²) in [5, 5.41) is 8.51. The molecule has 0 unspecified atom stereocenters. The lowest BCUT2D eigenvalue weighted by Gasteiger charge is -2.21. The van der Waals surface area contributed by atoms with E-state index in [9.17, 15) is 13.6 Å². The van der Waals surface area contributed by atoms with E-state index in [1.54, 1.807) is 0 Å². The van der Waals surface area contributed by atoms with Crippen molar-refractivity contribution < 1.29 is 28.2 Å². The summed E-state index contributed by atoms with van der Waals surface area (Å²) >= 11 is 3.08. The van der Waals surface area contributed by atoms with Gasteiger partial charge in [0, 0.05) is 23.4 Å². The third-order valence-corrected chi connectivity index (χ3v) is 3.36. The smallest absolute Gasteiger partial charge is 0.303 e. The van der Waals surface area contributed by atoms with Crippen molar-refractivity contribution >= 4 is 21.9 Å². The minimum absolute atomic E-state index is 0.00319. The largest absolute Gasteiger partial charge is 0.497 e. The van der Waals surface area contributed by atoms with Crippen molar-refractivity contribution in [3.05, 3.63) is 22.2 Å². The molecule has 1 aromatic rings. The third-order valence-electron chi connectivity index (χ3n) is 2.73. The van der Waals surface area contributed by atoms with E-state index in [0.717, 1.165) is 0 Å². The number of hydrogen-bond donors (Lipinski definition) is 1. The van der Waals surface area contributed by atoms with Crippen molar-refractivity contribution in [2.75, 3.05) is 14.2 Å². The molecule has 4 nitrogen and oxygen atoms in total. The lowest BCUT2D eigenvalue weighted by Crippen LogP contribution is -2.16. The van der Waals surface area contributed by atoms with Gasteiger partial charge in [-0.3, -0.25) is 4.79 Å². The average Bonchev–Trinajstić information content (AvgIpc) is 2.36. The molecule has 1 N–H and O–H groups in total. The summed E-state index contributed by atoms with van der Waals surface area (Å²) in [5.74, 6) is -3.90. The minimum Gasteiger partial charge on any atom is -0.497 e. The Bertz CT molecular complexity index is 492. The Kier molecular flexibility index (Phi) is 5.74. The first-order valence-electron chi connectivity index (χ1n) is 5.83. The number of methoxy groups -OCH3 is 2. The summed E-state index contributed by atoms with van der Waals surface area (Å²) in [6.07, 6.45) is -0.990. The second-order valence-corrected chi connectivity index (χ2v) is 4.99. The summed E-state index contributed by atoms with van der Waals surface area (Å²) in [4.78, 5) is 10.4. The molecule has 0 radical (unpaired) electrons. The Hall–Kier alpha value is -1.37. The van der Waals surface area contributed by atoms with Crippen LogP contribution in [0.25, 0.3) is 0 Å². The maximum atomic E-state index is 14.2. The Morgan fingerprint density at radius 1 is 1.35 bits per heavy atom. The van der Waals surface area contributed by atoms with Crippen molar-refractivity contribution in [2.24, 2.45) is 0 Å². The van der Waals surface area contributed by atoms with Gasteiger partial charge in [0.25, 0.3) is 5.92 Å². The van der Waals surface area contributed by atoms with Crippen molar-refractivity contribution in [1.82, 2.24) is 0 Å². The topological polar surface area (TPSA) is 55.8 Å². The molecule has 0 aromatic heterocycles. The van der Waals surface area contributed by atoms with Crippen molar-refractivity contribution in [3.8, 4) is 11.5 Å². The summed E-state index contributed by atoms with van der Waals surface area (Å²) in [7, 11) is 2.71. The highest BCUT2D eigenvalue weighted by Crippen LogP contribution is 2.45. The number of alkyl halides is 2. The lowest BCUT2D eigenvalue weighted by atomic mass is 10.0. The standard InChI is InChI=1S/C13H15BrF2O4/c1-19-8-6-9(14)12(10(7-8)20-2)13(15,16)5-3-4-11(17)18/h6-7H,3-5H2,1-2H3,(H,17,18). The molecule has 1 rings (SSSR count). The van der Waals surface area contributed by atoms with Gasteiger partial charge in [-0.25, -0.2) is 8.78 Å². The van der Waals surface area contributed by atoms with Crippen LogP contribution >= 0.6 is 15.9 Å². The molecule has 1 aromatic carbocycles.